The lowest BCUT2D eigenvalue weighted by Crippen LogP contribution is -2.54. The Morgan fingerprint density at radius 2 is 1.91 bits per heavy atom. The maximum atomic E-state index is 13.5. The maximum Gasteiger partial charge on any atom is 0.416 e. The molecular formula is C26H37F3N2O3. The Morgan fingerprint density at radius 1 is 1.18 bits per heavy atom. The number of rotatable bonds is 7. The van der Waals surface area contributed by atoms with Crippen LogP contribution >= 0.6 is 0 Å². The van der Waals surface area contributed by atoms with Crippen molar-refractivity contribution in [3.8, 4) is 0 Å². The molecule has 8 heteroatoms. The Balaban J connectivity index is 1.46. The molecule has 34 heavy (non-hydrogen) atoms. The second kappa shape index (κ2) is 9.43. The molecule has 3 N–H and O–H groups in total. The lowest BCUT2D eigenvalue weighted by Gasteiger charge is -2.40. The average Bonchev–Trinajstić information content (AvgIpc) is 3.52. The molecule has 1 aromatic rings. The second-order valence-corrected chi connectivity index (χ2v) is 11.1. The second-order valence-electron chi connectivity index (χ2n) is 11.1. The summed E-state index contributed by atoms with van der Waals surface area (Å²) in [6.07, 6.45) is 0.0542. The summed E-state index contributed by atoms with van der Waals surface area (Å²) in [6.45, 7) is 6.89. The third-order valence-corrected chi connectivity index (χ3v) is 8.06. The zero-order valence-corrected chi connectivity index (χ0v) is 20.3. The van der Waals surface area contributed by atoms with Crippen molar-refractivity contribution in [1.29, 1.82) is 0 Å². The number of benzene rings is 1. The standard InChI is InChI=1S/C26H37F3N2O3/c1-16-15-34-9-7-22(16)31-21-6-8-25(13-21,24(2,3)33)23(32)30-14-17-10-19(18-4-5-18)12-20(11-17)26(27,28)29/h10-12,16,18,21-22,31,33H,4-9,13-15H2,1-3H3,(H,30,32)/t16?,21?,22?,25-/m1/s1. The van der Waals surface area contributed by atoms with Crippen molar-refractivity contribution < 1.29 is 27.8 Å². The maximum absolute atomic E-state index is 13.5. The summed E-state index contributed by atoms with van der Waals surface area (Å²) in [5, 5.41) is 17.6. The fraction of sp³-hybridized carbons (Fsp3) is 0.731. The van der Waals surface area contributed by atoms with Gasteiger partial charge in [0.15, 0.2) is 0 Å². The van der Waals surface area contributed by atoms with Gasteiger partial charge in [-0.15, -0.1) is 0 Å². The van der Waals surface area contributed by atoms with Crippen LogP contribution in [0, 0.1) is 11.3 Å². The average molecular weight is 483 g/mol. The lowest BCUT2D eigenvalue weighted by atomic mass is 9.71. The first-order valence-corrected chi connectivity index (χ1v) is 12.4. The van der Waals surface area contributed by atoms with Crippen molar-refractivity contribution in [2.75, 3.05) is 13.2 Å². The molecule has 1 amide bonds. The van der Waals surface area contributed by atoms with E-state index in [-0.39, 0.29) is 24.4 Å². The van der Waals surface area contributed by atoms with Crippen LogP contribution in [0.2, 0.25) is 0 Å². The first-order valence-electron chi connectivity index (χ1n) is 12.4. The molecule has 190 valence electrons. The van der Waals surface area contributed by atoms with Gasteiger partial charge in [-0.1, -0.05) is 13.0 Å². The van der Waals surface area contributed by atoms with Gasteiger partial charge in [-0.3, -0.25) is 4.79 Å². The number of hydrogen-bond donors (Lipinski definition) is 3. The first-order chi connectivity index (χ1) is 15.9. The van der Waals surface area contributed by atoms with Gasteiger partial charge in [0.2, 0.25) is 5.91 Å². The molecule has 1 aliphatic heterocycles. The number of alkyl halides is 3. The Morgan fingerprint density at radius 3 is 2.53 bits per heavy atom. The molecule has 2 aliphatic carbocycles. The monoisotopic (exact) mass is 482 g/mol. The van der Waals surface area contributed by atoms with Gasteiger partial charge in [-0.25, -0.2) is 0 Å². The molecule has 3 unspecified atom stereocenters. The van der Waals surface area contributed by atoms with Crippen molar-refractivity contribution in [2.24, 2.45) is 11.3 Å². The Bertz CT molecular complexity index is 894. The summed E-state index contributed by atoms with van der Waals surface area (Å²) in [5.74, 6) is 0.254. The smallest absolute Gasteiger partial charge is 0.389 e. The van der Waals surface area contributed by atoms with E-state index in [1.165, 1.54) is 6.07 Å². The van der Waals surface area contributed by atoms with Crippen molar-refractivity contribution in [3.05, 3.63) is 34.9 Å². The minimum absolute atomic E-state index is 0.00932. The highest BCUT2D eigenvalue weighted by Crippen LogP contribution is 2.47. The van der Waals surface area contributed by atoms with Gasteiger partial charge in [0, 0.05) is 25.2 Å². The Kier molecular flexibility index (Phi) is 7.06. The molecule has 0 spiro atoms. The van der Waals surface area contributed by atoms with E-state index in [4.69, 9.17) is 4.74 Å². The number of halogens is 3. The van der Waals surface area contributed by atoms with E-state index in [9.17, 15) is 23.1 Å². The summed E-state index contributed by atoms with van der Waals surface area (Å²) >= 11 is 0. The van der Waals surface area contributed by atoms with Crippen LogP contribution in [0.3, 0.4) is 0 Å². The van der Waals surface area contributed by atoms with Crippen LogP contribution in [0.15, 0.2) is 18.2 Å². The molecule has 1 saturated heterocycles. The molecular weight excluding hydrogens is 445 g/mol. The van der Waals surface area contributed by atoms with Crippen LogP contribution in [-0.4, -0.2) is 41.9 Å². The van der Waals surface area contributed by atoms with Gasteiger partial charge in [0.05, 0.1) is 23.2 Å². The van der Waals surface area contributed by atoms with Gasteiger partial charge < -0.3 is 20.5 Å². The predicted octanol–water partition coefficient (Wildman–Crippen LogP) is 4.52. The molecule has 5 nitrogen and oxygen atoms in total. The van der Waals surface area contributed by atoms with Crippen molar-refractivity contribution >= 4 is 5.91 Å². The van der Waals surface area contributed by atoms with E-state index in [0.717, 1.165) is 31.7 Å². The minimum atomic E-state index is -4.43. The minimum Gasteiger partial charge on any atom is -0.389 e. The fourth-order valence-electron chi connectivity index (χ4n) is 5.65. The molecule has 3 aliphatic rings. The van der Waals surface area contributed by atoms with Crippen LogP contribution in [0.25, 0.3) is 0 Å². The summed E-state index contributed by atoms with van der Waals surface area (Å²) < 4.78 is 45.8. The van der Waals surface area contributed by atoms with Crippen molar-refractivity contribution in [1.82, 2.24) is 10.6 Å². The number of carbonyl (C=O) groups is 1. The normalized spacial score (nSPS) is 30.4. The van der Waals surface area contributed by atoms with Gasteiger partial charge in [0.1, 0.15) is 0 Å². The SMILES string of the molecule is CC1COCCC1NC1CC[C@@](C(=O)NCc2cc(C3CC3)cc(C(F)(F)F)c2)(C(C)(C)O)C1. The van der Waals surface area contributed by atoms with Crippen LogP contribution < -0.4 is 10.6 Å². The molecule has 2 saturated carbocycles. The third kappa shape index (κ3) is 5.44. The molecule has 1 heterocycles. The van der Waals surface area contributed by atoms with E-state index >= 15 is 0 Å². The zero-order chi connectivity index (χ0) is 24.7. The Labute approximate surface area is 199 Å². The number of ether oxygens (including phenoxy) is 1. The highest BCUT2D eigenvalue weighted by atomic mass is 19.4. The summed E-state index contributed by atoms with van der Waals surface area (Å²) in [6, 6.07) is 4.53. The van der Waals surface area contributed by atoms with Crippen molar-refractivity contribution in [2.45, 2.75) is 95.6 Å². The molecule has 0 aromatic heterocycles. The van der Waals surface area contributed by atoms with Crippen LogP contribution in [0.4, 0.5) is 13.2 Å². The van der Waals surface area contributed by atoms with Crippen LogP contribution in [0.5, 0.6) is 0 Å². The largest absolute Gasteiger partial charge is 0.416 e. The lowest BCUT2D eigenvalue weighted by molar-refractivity contribution is -0.146. The Hall–Kier alpha value is -1.64. The van der Waals surface area contributed by atoms with Crippen LogP contribution in [-0.2, 0) is 22.3 Å². The van der Waals surface area contributed by atoms with E-state index in [1.807, 2.05) is 0 Å². The highest BCUT2D eigenvalue weighted by molar-refractivity contribution is 5.84. The van der Waals surface area contributed by atoms with E-state index in [0.29, 0.717) is 49.1 Å². The van der Waals surface area contributed by atoms with Gasteiger partial charge in [-0.05, 0) is 87.5 Å². The first kappa shape index (κ1) is 25.5. The third-order valence-electron chi connectivity index (χ3n) is 8.06. The quantitative estimate of drug-likeness (QED) is 0.534. The predicted molar refractivity (Wildman–Crippen MR) is 123 cm³/mol. The van der Waals surface area contributed by atoms with Crippen molar-refractivity contribution in [3.63, 3.8) is 0 Å². The number of hydrogen-bond acceptors (Lipinski definition) is 4. The van der Waals surface area contributed by atoms with Gasteiger partial charge in [-0.2, -0.15) is 13.2 Å². The number of aliphatic hydroxyl groups is 1. The fourth-order valence-corrected chi connectivity index (χ4v) is 5.65. The van der Waals surface area contributed by atoms with Gasteiger partial charge >= 0.3 is 6.18 Å². The number of amides is 1. The number of nitrogens with one attached hydrogen (secondary N) is 2. The van der Waals surface area contributed by atoms with Crippen LogP contribution in [0.1, 0.15) is 81.9 Å². The summed E-state index contributed by atoms with van der Waals surface area (Å²) in [5.41, 5.74) is -1.80. The summed E-state index contributed by atoms with van der Waals surface area (Å²) in [4.78, 5) is 13.5. The van der Waals surface area contributed by atoms with E-state index in [1.54, 1.807) is 19.9 Å². The highest BCUT2D eigenvalue weighted by Gasteiger charge is 2.54. The molecule has 4 rings (SSSR count). The van der Waals surface area contributed by atoms with E-state index < -0.39 is 22.8 Å². The zero-order valence-electron chi connectivity index (χ0n) is 20.3. The molecule has 0 radical (unpaired) electrons. The van der Waals surface area contributed by atoms with E-state index in [2.05, 4.69) is 17.6 Å². The number of carbonyl (C=O) groups excluding carboxylic acids is 1. The molecule has 4 atom stereocenters. The molecule has 3 fully saturated rings. The van der Waals surface area contributed by atoms with Gasteiger partial charge in [0.25, 0.3) is 0 Å². The topological polar surface area (TPSA) is 70.6 Å². The summed E-state index contributed by atoms with van der Waals surface area (Å²) in [7, 11) is 0. The molecule has 1 aromatic carbocycles. The molecule has 0 bridgehead atoms.